The Morgan fingerprint density at radius 2 is 1.73 bits per heavy atom. The van der Waals surface area contributed by atoms with Gasteiger partial charge in [-0.2, -0.15) is 0 Å². The third kappa shape index (κ3) is 4.53. The Kier molecular flexibility index (Phi) is 5.90. The van der Waals surface area contributed by atoms with E-state index < -0.39 is 0 Å². The zero-order chi connectivity index (χ0) is 15.9. The fourth-order valence-electron chi connectivity index (χ4n) is 2.13. The summed E-state index contributed by atoms with van der Waals surface area (Å²) in [7, 11) is 1.39. The van der Waals surface area contributed by atoms with Crippen LogP contribution in [0.4, 0.5) is 0 Å². The SMILES string of the molecule is COC(=O)c1ccc(C(C)CCOc2ccc(S)cc2)cc1. The zero-order valence-corrected chi connectivity index (χ0v) is 13.7. The number of benzene rings is 2. The van der Waals surface area contributed by atoms with Crippen molar-refractivity contribution >= 4 is 18.6 Å². The van der Waals surface area contributed by atoms with E-state index in [-0.39, 0.29) is 5.97 Å². The Labute approximate surface area is 136 Å². The van der Waals surface area contributed by atoms with Crippen LogP contribution in [0.2, 0.25) is 0 Å². The molecule has 22 heavy (non-hydrogen) atoms. The van der Waals surface area contributed by atoms with Crippen molar-refractivity contribution in [1.82, 2.24) is 0 Å². The Balaban J connectivity index is 1.85. The lowest BCUT2D eigenvalue weighted by Gasteiger charge is -2.13. The van der Waals surface area contributed by atoms with Gasteiger partial charge in [-0.25, -0.2) is 4.79 Å². The number of hydrogen-bond donors (Lipinski definition) is 1. The first-order valence-corrected chi connectivity index (χ1v) is 7.65. The van der Waals surface area contributed by atoms with Crippen molar-refractivity contribution < 1.29 is 14.3 Å². The molecule has 0 fully saturated rings. The molecule has 0 bridgehead atoms. The Bertz CT molecular complexity index is 605. The van der Waals surface area contributed by atoms with Crippen molar-refractivity contribution in [1.29, 1.82) is 0 Å². The largest absolute Gasteiger partial charge is 0.494 e. The number of hydrogen-bond acceptors (Lipinski definition) is 4. The van der Waals surface area contributed by atoms with Crippen LogP contribution < -0.4 is 4.74 Å². The van der Waals surface area contributed by atoms with E-state index in [1.807, 2.05) is 36.4 Å². The average Bonchev–Trinajstić information content (AvgIpc) is 2.56. The third-order valence-corrected chi connectivity index (χ3v) is 3.86. The summed E-state index contributed by atoms with van der Waals surface area (Å²) >= 11 is 4.24. The highest BCUT2D eigenvalue weighted by Gasteiger charge is 2.09. The van der Waals surface area contributed by atoms with Crippen LogP contribution >= 0.6 is 12.6 Å². The number of ether oxygens (including phenoxy) is 2. The molecular formula is C18H20O3S. The molecule has 0 radical (unpaired) electrons. The second-order valence-electron chi connectivity index (χ2n) is 5.15. The molecule has 116 valence electrons. The quantitative estimate of drug-likeness (QED) is 0.636. The molecule has 0 spiro atoms. The number of thiol groups is 1. The topological polar surface area (TPSA) is 35.5 Å². The Morgan fingerprint density at radius 3 is 2.32 bits per heavy atom. The summed E-state index contributed by atoms with van der Waals surface area (Å²) in [5.74, 6) is 0.900. The van der Waals surface area contributed by atoms with E-state index in [1.54, 1.807) is 12.1 Å². The molecule has 2 rings (SSSR count). The van der Waals surface area contributed by atoms with Gasteiger partial charge in [-0.3, -0.25) is 0 Å². The number of methoxy groups -OCH3 is 1. The van der Waals surface area contributed by atoms with Crippen LogP contribution in [-0.4, -0.2) is 19.7 Å². The summed E-state index contributed by atoms with van der Waals surface area (Å²) in [6, 6.07) is 15.2. The number of esters is 1. The molecule has 0 saturated heterocycles. The van der Waals surface area contributed by atoms with Crippen molar-refractivity contribution in [3.63, 3.8) is 0 Å². The van der Waals surface area contributed by atoms with Crippen molar-refractivity contribution in [2.75, 3.05) is 13.7 Å². The summed E-state index contributed by atoms with van der Waals surface area (Å²) in [5.41, 5.74) is 1.75. The molecule has 2 aromatic carbocycles. The van der Waals surface area contributed by atoms with Gasteiger partial charge in [-0.15, -0.1) is 12.6 Å². The molecule has 0 N–H and O–H groups in total. The van der Waals surface area contributed by atoms with Gasteiger partial charge < -0.3 is 9.47 Å². The minimum Gasteiger partial charge on any atom is -0.494 e. The van der Waals surface area contributed by atoms with E-state index in [0.29, 0.717) is 18.1 Å². The van der Waals surface area contributed by atoms with Crippen LogP contribution in [0, 0.1) is 0 Å². The fourth-order valence-corrected chi connectivity index (χ4v) is 2.28. The molecule has 0 heterocycles. The monoisotopic (exact) mass is 316 g/mol. The standard InChI is InChI=1S/C18H20O3S/c1-13(11-12-21-16-7-9-17(22)10-8-16)14-3-5-15(6-4-14)18(19)20-2/h3-10,13,22H,11-12H2,1-2H3. The first kappa shape index (κ1) is 16.4. The number of rotatable bonds is 6. The summed E-state index contributed by atoms with van der Waals surface area (Å²) in [5, 5.41) is 0. The molecule has 0 amide bonds. The van der Waals surface area contributed by atoms with E-state index in [1.165, 1.54) is 12.7 Å². The van der Waals surface area contributed by atoms with Gasteiger partial charge in [0, 0.05) is 4.90 Å². The lowest BCUT2D eigenvalue weighted by atomic mass is 9.97. The minimum atomic E-state index is -0.310. The maximum atomic E-state index is 11.4. The van der Waals surface area contributed by atoms with Crippen LogP contribution in [0.15, 0.2) is 53.4 Å². The van der Waals surface area contributed by atoms with Crippen LogP contribution in [-0.2, 0) is 4.74 Å². The molecule has 2 aromatic rings. The molecule has 1 atom stereocenters. The highest BCUT2D eigenvalue weighted by molar-refractivity contribution is 7.80. The molecule has 0 aliphatic heterocycles. The fraction of sp³-hybridized carbons (Fsp3) is 0.278. The van der Waals surface area contributed by atoms with E-state index in [9.17, 15) is 4.79 Å². The molecule has 0 aliphatic carbocycles. The van der Waals surface area contributed by atoms with Crippen molar-refractivity contribution in [2.45, 2.75) is 24.2 Å². The second kappa shape index (κ2) is 7.90. The van der Waals surface area contributed by atoms with E-state index in [0.717, 1.165) is 17.1 Å². The maximum Gasteiger partial charge on any atom is 0.337 e. The van der Waals surface area contributed by atoms with Gasteiger partial charge in [0.25, 0.3) is 0 Å². The van der Waals surface area contributed by atoms with Gasteiger partial charge in [0.1, 0.15) is 5.75 Å². The molecule has 0 aliphatic rings. The number of carbonyl (C=O) groups is 1. The van der Waals surface area contributed by atoms with Crippen LogP contribution in [0.1, 0.15) is 35.2 Å². The first-order valence-electron chi connectivity index (χ1n) is 7.20. The van der Waals surface area contributed by atoms with E-state index in [2.05, 4.69) is 19.6 Å². The summed E-state index contributed by atoms with van der Waals surface area (Å²) in [6.45, 7) is 2.79. The van der Waals surface area contributed by atoms with Gasteiger partial charge in [0.15, 0.2) is 0 Å². The molecule has 4 heteroatoms. The summed E-state index contributed by atoms with van der Waals surface area (Å²) in [6.07, 6.45) is 0.903. The van der Waals surface area contributed by atoms with Gasteiger partial charge in [0.05, 0.1) is 19.3 Å². The van der Waals surface area contributed by atoms with Crippen molar-refractivity contribution in [3.8, 4) is 5.75 Å². The third-order valence-electron chi connectivity index (χ3n) is 3.56. The molecule has 0 aromatic heterocycles. The Morgan fingerprint density at radius 1 is 1.09 bits per heavy atom. The predicted molar refractivity (Wildman–Crippen MR) is 90.0 cm³/mol. The van der Waals surface area contributed by atoms with Crippen molar-refractivity contribution in [2.24, 2.45) is 0 Å². The molecule has 3 nitrogen and oxygen atoms in total. The summed E-state index contributed by atoms with van der Waals surface area (Å²) < 4.78 is 10.4. The van der Waals surface area contributed by atoms with Gasteiger partial charge >= 0.3 is 5.97 Å². The second-order valence-corrected chi connectivity index (χ2v) is 5.66. The smallest absolute Gasteiger partial charge is 0.337 e. The highest BCUT2D eigenvalue weighted by atomic mass is 32.1. The first-order chi connectivity index (χ1) is 10.6. The van der Waals surface area contributed by atoms with E-state index >= 15 is 0 Å². The minimum absolute atomic E-state index is 0.310. The van der Waals surface area contributed by atoms with Gasteiger partial charge in [-0.1, -0.05) is 19.1 Å². The molecule has 0 saturated carbocycles. The van der Waals surface area contributed by atoms with Gasteiger partial charge in [0.2, 0.25) is 0 Å². The Hall–Kier alpha value is -1.94. The lowest BCUT2D eigenvalue weighted by Crippen LogP contribution is -2.05. The molecular weight excluding hydrogens is 296 g/mol. The highest BCUT2D eigenvalue weighted by Crippen LogP contribution is 2.21. The van der Waals surface area contributed by atoms with Gasteiger partial charge in [-0.05, 0) is 54.3 Å². The number of carbonyl (C=O) groups excluding carboxylic acids is 1. The van der Waals surface area contributed by atoms with Crippen molar-refractivity contribution in [3.05, 3.63) is 59.7 Å². The zero-order valence-electron chi connectivity index (χ0n) is 12.8. The summed E-state index contributed by atoms with van der Waals surface area (Å²) in [4.78, 5) is 12.3. The van der Waals surface area contributed by atoms with Crippen LogP contribution in [0.5, 0.6) is 5.75 Å². The van der Waals surface area contributed by atoms with Crippen LogP contribution in [0.25, 0.3) is 0 Å². The lowest BCUT2D eigenvalue weighted by molar-refractivity contribution is 0.0600. The van der Waals surface area contributed by atoms with Crippen LogP contribution in [0.3, 0.4) is 0 Å². The van der Waals surface area contributed by atoms with E-state index in [4.69, 9.17) is 9.47 Å². The predicted octanol–water partition coefficient (Wildman–Crippen LogP) is 4.33. The molecule has 1 unspecified atom stereocenters. The normalized spacial score (nSPS) is 11.8. The average molecular weight is 316 g/mol. The maximum absolute atomic E-state index is 11.4.